The second kappa shape index (κ2) is 19.6. The number of aliphatic hydroxyl groups is 3. The molecular formula is C17H34O9. The van der Waals surface area contributed by atoms with Gasteiger partial charge in [0.2, 0.25) is 0 Å². The van der Waals surface area contributed by atoms with Crippen LogP contribution in [0, 0.1) is 5.41 Å². The summed E-state index contributed by atoms with van der Waals surface area (Å²) in [5.74, 6) is -3.29. The second-order valence-corrected chi connectivity index (χ2v) is 5.85. The molecular weight excluding hydrogens is 348 g/mol. The molecule has 0 amide bonds. The van der Waals surface area contributed by atoms with E-state index in [9.17, 15) is 14.4 Å². The van der Waals surface area contributed by atoms with Crippen LogP contribution >= 0.6 is 0 Å². The molecule has 0 radical (unpaired) electrons. The van der Waals surface area contributed by atoms with Gasteiger partial charge in [-0.3, -0.25) is 14.4 Å². The Labute approximate surface area is 154 Å². The fourth-order valence-corrected chi connectivity index (χ4v) is 1.49. The molecule has 0 saturated heterocycles. The fraction of sp³-hybridized carbons (Fsp3) is 0.824. The first kappa shape index (κ1) is 29.1. The highest BCUT2D eigenvalue weighted by molar-refractivity contribution is 5.88. The lowest BCUT2D eigenvalue weighted by atomic mass is 9.88. The quantitative estimate of drug-likeness (QED) is 0.215. The molecule has 0 aromatic carbocycles. The van der Waals surface area contributed by atoms with E-state index in [1.165, 1.54) is 19.3 Å². The molecule has 6 N–H and O–H groups in total. The second-order valence-electron chi connectivity index (χ2n) is 5.85. The van der Waals surface area contributed by atoms with Crippen LogP contribution in [0.1, 0.15) is 65.2 Å². The lowest BCUT2D eigenvalue weighted by molar-refractivity contribution is -0.147. The minimum Gasteiger partial charge on any atom is -0.481 e. The number of rotatable bonds is 12. The van der Waals surface area contributed by atoms with Crippen molar-refractivity contribution in [2.75, 3.05) is 19.8 Å². The summed E-state index contributed by atoms with van der Waals surface area (Å²) < 4.78 is 0. The number of hydrogen-bond donors (Lipinski definition) is 6. The SMILES string of the molecule is CCC(CO)(CO)CO.CCCCCCCC(=O)O.O=C(O)CC(=O)O. The Bertz CT molecular complexity index is 336. The minimum absolute atomic E-state index is 0.156. The van der Waals surface area contributed by atoms with Crippen LogP contribution < -0.4 is 0 Å². The number of carbonyl (C=O) groups is 3. The van der Waals surface area contributed by atoms with Crippen molar-refractivity contribution in [3.05, 3.63) is 0 Å². The highest BCUT2D eigenvalue weighted by Crippen LogP contribution is 2.18. The number of unbranched alkanes of at least 4 members (excludes halogenated alkanes) is 4. The van der Waals surface area contributed by atoms with Crippen molar-refractivity contribution in [3.63, 3.8) is 0 Å². The van der Waals surface area contributed by atoms with Crippen LogP contribution in [-0.2, 0) is 14.4 Å². The van der Waals surface area contributed by atoms with Crippen LogP contribution in [0.25, 0.3) is 0 Å². The molecule has 0 heterocycles. The van der Waals surface area contributed by atoms with Gasteiger partial charge in [0.1, 0.15) is 6.42 Å². The standard InChI is InChI=1S/C8H16O2.C6H14O3.C3H4O4/c1-2-3-4-5-6-7-8(9)10;1-2-6(3-7,4-8)5-9;4-2(5)1-3(6)7/h2-7H2,1H3,(H,9,10);7-9H,2-5H2,1H3;1H2,(H,4,5)(H,6,7). The van der Waals surface area contributed by atoms with Gasteiger partial charge in [-0.05, 0) is 12.8 Å². The third-order valence-corrected chi connectivity index (χ3v) is 3.55. The van der Waals surface area contributed by atoms with Gasteiger partial charge in [-0.1, -0.05) is 39.5 Å². The monoisotopic (exact) mass is 382 g/mol. The van der Waals surface area contributed by atoms with Gasteiger partial charge in [-0.25, -0.2) is 0 Å². The third-order valence-electron chi connectivity index (χ3n) is 3.55. The zero-order valence-corrected chi connectivity index (χ0v) is 15.7. The van der Waals surface area contributed by atoms with E-state index in [1.807, 2.05) is 6.92 Å². The van der Waals surface area contributed by atoms with Gasteiger partial charge in [-0.15, -0.1) is 0 Å². The lowest BCUT2D eigenvalue weighted by Crippen LogP contribution is -2.32. The lowest BCUT2D eigenvalue weighted by Gasteiger charge is -2.24. The van der Waals surface area contributed by atoms with Gasteiger partial charge in [0, 0.05) is 11.8 Å². The summed E-state index contributed by atoms with van der Waals surface area (Å²) in [6, 6.07) is 0. The van der Waals surface area contributed by atoms with Gasteiger partial charge in [0.15, 0.2) is 0 Å². The molecule has 0 aliphatic heterocycles. The Kier molecular flexibility index (Phi) is 21.9. The molecule has 0 aliphatic carbocycles. The first-order valence-electron chi connectivity index (χ1n) is 8.62. The highest BCUT2D eigenvalue weighted by Gasteiger charge is 2.24. The van der Waals surface area contributed by atoms with Crippen LogP contribution in [0.4, 0.5) is 0 Å². The molecule has 9 heteroatoms. The van der Waals surface area contributed by atoms with Crippen molar-refractivity contribution in [2.24, 2.45) is 5.41 Å². The molecule has 0 rings (SSSR count). The van der Waals surface area contributed by atoms with Gasteiger partial charge >= 0.3 is 17.9 Å². The fourth-order valence-electron chi connectivity index (χ4n) is 1.49. The number of carboxylic acid groups (broad SMARTS) is 3. The molecule has 0 atom stereocenters. The Morgan fingerprint density at radius 2 is 1.12 bits per heavy atom. The summed E-state index contributed by atoms with van der Waals surface area (Å²) in [7, 11) is 0. The van der Waals surface area contributed by atoms with Gasteiger partial charge in [0.05, 0.1) is 19.8 Å². The van der Waals surface area contributed by atoms with Crippen LogP contribution in [0.15, 0.2) is 0 Å². The van der Waals surface area contributed by atoms with Crippen molar-refractivity contribution in [1.29, 1.82) is 0 Å². The maximum absolute atomic E-state index is 10.0. The molecule has 0 bridgehead atoms. The Morgan fingerprint density at radius 1 is 0.692 bits per heavy atom. The normalized spacial score (nSPS) is 10.0. The average molecular weight is 382 g/mol. The van der Waals surface area contributed by atoms with Crippen molar-refractivity contribution >= 4 is 17.9 Å². The maximum atomic E-state index is 10.0. The summed E-state index contributed by atoms with van der Waals surface area (Å²) in [5.41, 5.74) is -0.667. The number of hydrogen-bond acceptors (Lipinski definition) is 6. The zero-order chi connectivity index (χ0) is 21.0. The molecule has 0 aromatic heterocycles. The van der Waals surface area contributed by atoms with Crippen molar-refractivity contribution in [3.8, 4) is 0 Å². The molecule has 9 nitrogen and oxygen atoms in total. The molecule has 0 aliphatic rings. The average Bonchev–Trinajstić information content (AvgIpc) is 2.57. The molecule has 156 valence electrons. The summed E-state index contributed by atoms with van der Waals surface area (Å²) in [5, 5.41) is 49.6. The Hall–Kier alpha value is -1.71. The van der Waals surface area contributed by atoms with E-state index in [4.69, 9.17) is 30.6 Å². The summed E-state index contributed by atoms with van der Waals surface area (Å²) in [6.07, 6.45) is 5.67. The largest absolute Gasteiger partial charge is 0.481 e. The van der Waals surface area contributed by atoms with E-state index >= 15 is 0 Å². The Morgan fingerprint density at radius 3 is 1.31 bits per heavy atom. The summed E-state index contributed by atoms with van der Waals surface area (Å²) in [4.78, 5) is 28.9. The number of aliphatic carboxylic acids is 3. The first-order chi connectivity index (χ1) is 12.1. The van der Waals surface area contributed by atoms with Crippen molar-refractivity contribution in [2.45, 2.75) is 65.2 Å². The van der Waals surface area contributed by atoms with E-state index < -0.39 is 29.7 Å². The minimum atomic E-state index is -1.31. The Balaban J connectivity index is -0.000000310. The predicted octanol–water partition coefficient (Wildman–Crippen LogP) is 1.34. The van der Waals surface area contributed by atoms with E-state index in [0.717, 1.165) is 12.8 Å². The molecule has 26 heavy (non-hydrogen) atoms. The first-order valence-corrected chi connectivity index (χ1v) is 8.62. The van der Waals surface area contributed by atoms with Gasteiger partial charge in [-0.2, -0.15) is 0 Å². The summed E-state index contributed by atoms with van der Waals surface area (Å²) >= 11 is 0. The molecule has 0 unspecified atom stereocenters. The number of carboxylic acids is 3. The smallest absolute Gasteiger partial charge is 0.314 e. The van der Waals surface area contributed by atoms with Crippen molar-refractivity contribution in [1.82, 2.24) is 0 Å². The molecule has 0 spiro atoms. The molecule has 0 aromatic rings. The topological polar surface area (TPSA) is 173 Å². The maximum Gasteiger partial charge on any atom is 0.314 e. The van der Waals surface area contributed by atoms with Crippen LogP contribution in [0.5, 0.6) is 0 Å². The number of aliphatic hydroxyl groups excluding tert-OH is 3. The van der Waals surface area contributed by atoms with E-state index in [0.29, 0.717) is 12.8 Å². The van der Waals surface area contributed by atoms with Gasteiger partial charge in [0.25, 0.3) is 0 Å². The van der Waals surface area contributed by atoms with Crippen LogP contribution in [-0.4, -0.2) is 68.4 Å². The van der Waals surface area contributed by atoms with Crippen LogP contribution in [0.2, 0.25) is 0 Å². The molecule has 0 fully saturated rings. The molecule has 0 saturated carbocycles. The van der Waals surface area contributed by atoms with Gasteiger partial charge < -0.3 is 30.6 Å². The highest BCUT2D eigenvalue weighted by atomic mass is 16.4. The van der Waals surface area contributed by atoms with E-state index in [1.54, 1.807) is 0 Å². The van der Waals surface area contributed by atoms with E-state index in [-0.39, 0.29) is 19.8 Å². The zero-order valence-electron chi connectivity index (χ0n) is 15.7. The van der Waals surface area contributed by atoms with Crippen molar-refractivity contribution < 1.29 is 45.0 Å². The van der Waals surface area contributed by atoms with E-state index in [2.05, 4.69) is 6.92 Å². The third kappa shape index (κ3) is 22.3. The van der Waals surface area contributed by atoms with Crippen LogP contribution in [0.3, 0.4) is 0 Å². The predicted molar refractivity (Wildman–Crippen MR) is 94.9 cm³/mol. The summed E-state index contributed by atoms with van der Waals surface area (Å²) in [6.45, 7) is 3.50.